The molecule has 1 aromatic rings. The Labute approximate surface area is 122 Å². The number of carbonyl (C=O) groups is 1. The Morgan fingerprint density at radius 1 is 1.38 bits per heavy atom. The van der Waals surface area contributed by atoms with Crippen LogP contribution in [-0.4, -0.2) is 26.2 Å². The van der Waals surface area contributed by atoms with Crippen LogP contribution >= 0.6 is 0 Å². The van der Waals surface area contributed by atoms with Crippen LogP contribution in [0.5, 0.6) is 11.5 Å². The van der Waals surface area contributed by atoms with Crippen molar-refractivity contribution in [3.05, 3.63) is 18.2 Å². The second-order valence-corrected chi connectivity index (χ2v) is 4.45. The molecule has 118 valence electrons. The summed E-state index contributed by atoms with van der Waals surface area (Å²) < 4.78 is 33.9. The Morgan fingerprint density at radius 2 is 2.10 bits per heavy atom. The maximum Gasteiger partial charge on any atom is 0.387 e. The van der Waals surface area contributed by atoms with E-state index in [4.69, 9.17) is 10.5 Å². The Balaban J connectivity index is 2.86. The molecule has 0 aliphatic rings. The van der Waals surface area contributed by atoms with Gasteiger partial charge in [0.05, 0.1) is 13.0 Å². The van der Waals surface area contributed by atoms with Gasteiger partial charge in [-0.3, -0.25) is 4.79 Å². The number of carbonyl (C=O) groups excluding carboxylic acids is 1. The van der Waals surface area contributed by atoms with Gasteiger partial charge in [-0.1, -0.05) is 13.3 Å². The Hall–Kier alpha value is -1.89. The van der Waals surface area contributed by atoms with Crippen LogP contribution in [0.15, 0.2) is 18.2 Å². The predicted molar refractivity (Wildman–Crippen MR) is 75.7 cm³/mol. The number of hydrogen-bond acceptors (Lipinski definition) is 4. The van der Waals surface area contributed by atoms with Crippen molar-refractivity contribution in [2.24, 2.45) is 11.7 Å². The molecule has 1 aromatic carbocycles. The van der Waals surface area contributed by atoms with Crippen LogP contribution in [0.4, 0.5) is 14.5 Å². The molecule has 0 spiro atoms. The van der Waals surface area contributed by atoms with E-state index in [1.165, 1.54) is 19.2 Å². The maximum atomic E-state index is 12.3. The van der Waals surface area contributed by atoms with Crippen LogP contribution in [0.3, 0.4) is 0 Å². The molecule has 7 heteroatoms. The number of alkyl halides is 2. The number of hydrogen-bond donors (Lipinski definition) is 2. The lowest BCUT2D eigenvalue weighted by molar-refractivity contribution is -0.119. The van der Waals surface area contributed by atoms with Gasteiger partial charge in [0.1, 0.15) is 0 Å². The molecule has 0 radical (unpaired) electrons. The number of ether oxygens (including phenoxy) is 2. The molecular formula is C14H20F2N2O3. The molecule has 0 saturated carbocycles. The monoisotopic (exact) mass is 302 g/mol. The Morgan fingerprint density at radius 3 is 2.62 bits per heavy atom. The highest BCUT2D eigenvalue weighted by molar-refractivity contribution is 5.93. The number of anilines is 1. The summed E-state index contributed by atoms with van der Waals surface area (Å²) in [5, 5.41) is 2.64. The third-order valence-corrected chi connectivity index (χ3v) is 2.94. The number of methoxy groups -OCH3 is 1. The molecule has 1 amide bonds. The largest absolute Gasteiger partial charge is 0.493 e. The van der Waals surface area contributed by atoms with Crippen LogP contribution in [0.2, 0.25) is 0 Å². The van der Waals surface area contributed by atoms with Crippen molar-refractivity contribution in [2.45, 2.75) is 26.4 Å². The van der Waals surface area contributed by atoms with E-state index in [2.05, 4.69) is 10.1 Å². The summed E-state index contributed by atoms with van der Waals surface area (Å²) in [5.74, 6) is -0.522. The maximum absolute atomic E-state index is 12.3. The third kappa shape index (κ3) is 5.18. The van der Waals surface area contributed by atoms with Crippen molar-refractivity contribution in [1.29, 1.82) is 0 Å². The van der Waals surface area contributed by atoms with E-state index >= 15 is 0 Å². The quantitative estimate of drug-likeness (QED) is 0.774. The first-order chi connectivity index (χ1) is 10.0. The summed E-state index contributed by atoms with van der Waals surface area (Å²) in [7, 11) is 1.34. The first-order valence-electron chi connectivity index (χ1n) is 6.65. The molecule has 0 saturated heterocycles. The average Bonchev–Trinajstić information content (AvgIpc) is 2.44. The zero-order valence-electron chi connectivity index (χ0n) is 12.1. The number of halogens is 2. The molecule has 0 bridgehead atoms. The molecule has 1 unspecified atom stereocenters. The standard InChI is InChI=1S/C14H20F2N2O3/c1-3-4-9(8-17)13(19)18-10-5-6-11(20-2)12(7-10)21-14(15)16/h5-7,9,14H,3-4,8,17H2,1-2H3,(H,18,19). The lowest BCUT2D eigenvalue weighted by Gasteiger charge is -2.15. The molecule has 0 fully saturated rings. The van der Waals surface area contributed by atoms with Crippen LogP contribution < -0.4 is 20.5 Å². The topological polar surface area (TPSA) is 73.6 Å². The van der Waals surface area contributed by atoms with Crippen molar-refractivity contribution >= 4 is 11.6 Å². The Kier molecular flexibility index (Phi) is 6.87. The van der Waals surface area contributed by atoms with Gasteiger partial charge in [-0.15, -0.1) is 0 Å². The number of nitrogens with one attached hydrogen (secondary N) is 1. The number of rotatable bonds is 8. The number of amides is 1. The van der Waals surface area contributed by atoms with Gasteiger partial charge in [-0.2, -0.15) is 8.78 Å². The van der Waals surface area contributed by atoms with Gasteiger partial charge >= 0.3 is 6.61 Å². The van der Waals surface area contributed by atoms with E-state index in [1.54, 1.807) is 6.07 Å². The van der Waals surface area contributed by atoms with Crippen molar-refractivity contribution in [3.8, 4) is 11.5 Å². The molecular weight excluding hydrogens is 282 g/mol. The van der Waals surface area contributed by atoms with Gasteiger partial charge in [0.15, 0.2) is 11.5 Å². The summed E-state index contributed by atoms with van der Waals surface area (Å²) in [6, 6.07) is 4.29. The molecule has 21 heavy (non-hydrogen) atoms. The SMILES string of the molecule is CCCC(CN)C(=O)Nc1ccc(OC)c(OC(F)F)c1. The average molecular weight is 302 g/mol. The zero-order chi connectivity index (χ0) is 15.8. The number of benzene rings is 1. The van der Waals surface area contributed by atoms with Crippen LogP contribution in [0.1, 0.15) is 19.8 Å². The van der Waals surface area contributed by atoms with Crippen molar-refractivity contribution in [3.63, 3.8) is 0 Å². The lowest BCUT2D eigenvalue weighted by atomic mass is 10.0. The Bertz CT molecular complexity index is 470. The highest BCUT2D eigenvalue weighted by Crippen LogP contribution is 2.31. The van der Waals surface area contributed by atoms with Crippen LogP contribution in [0.25, 0.3) is 0 Å². The lowest BCUT2D eigenvalue weighted by Crippen LogP contribution is -2.29. The van der Waals surface area contributed by atoms with Gasteiger partial charge in [-0.25, -0.2) is 0 Å². The summed E-state index contributed by atoms with van der Waals surface area (Å²) >= 11 is 0. The van der Waals surface area contributed by atoms with Crippen molar-refractivity contribution < 1.29 is 23.0 Å². The summed E-state index contributed by atoms with van der Waals surface area (Å²) in [4.78, 5) is 12.0. The minimum absolute atomic E-state index is 0.134. The van der Waals surface area contributed by atoms with Crippen molar-refractivity contribution in [2.75, 3.05) is 19.0 Å². The summed E-state index contributed by atoms with van der Waals surface area (Å²) in [6.45, 7) is -0.782. The van der Waals surface area contributed by atoms with Gasteiger partial charge < -0.3 is 20.5 Å². The summed E-state index contributed by atoms with van der Waals surface area (Å²) in [5.41, 5.74) is 5.90. The minimum atomic E-state index is -2.97. The molecule has 5 nitrogen and oxygen atoms in total. The highest BCUT2D eigenvalue weighted by Gasteiger charge is 2.17. The predicted octanol–water partition coefficient (Wildman–Crippen LogP) is 2.61. The van der Waals surface area contributed by atoms with E-state index in [0.29, 0.717) is 12.1 Å². The molecule has 3 N–H and O–H groups in total. The van der Waals surface area contributed by atoms with Crippen LogP contribution in [0, 0.1) is 5.92 Å². The minimum Gasteiger partial charge on any atom is -0.493 e. The van der Waals surface area contributed by atoms with E-state index in [1.807, 2.05) is 6.92 Å². The zero-order valence-corrected chi connectivity index (χ0v) is 12.1. The number of nitrogens with two attached hydrogens (primary N) is 1. The summed E-state index contributed by atoms with van der Waals surface area (Å²) in [6.07, 6.45) is 1.50. The van der Waals surface area contributed by atoms with E-state index in [0.717, 1.165) is 6.42 Å². The smallest absolute Gasteiger partial charge is 0.387 e. The van der Waals surface area contributed by atoms with Crippen molar-refractivity contribution in [1.82, 2.24) is 0 Å². The molecule has 0 aromatic heterocycles. The van der Waals surface area contributed by atoms with E-state index < -0.39 is 6.61 Å². The fourth-order valence-corrected chi connectivity index (χ4v) is 1.89. The molecule has 0 aliphatic heterocycles. The van der Waals surface area contributed by atoms with Gasteiger partial charge in [0.25, 0.3) is 0 Å². The third-order valence-electron chi connectivity index (χ3n) is 2.94. The second-order valence-electron chi connectivity index (χ2n) is 4.45. The van der Waals surface area contributed by atoms with Gasteiger partial charge in [0.2, 0.25) is 5.91 Å². The normalized spacial score (nSPS) is 12.1. The highest BCUT2D eigenvalue weighted by atomic mass is 19.3. The first kappa shape index (κ1) is 17.2. The molecule has 0 aliphatic carbocycles. The van der Waals surface area contributed by atoms with Gasteiger partial charge in [-0.05, 0) is 18.6 Å². The molecule has 1 atom stereocenters. The van der Waals surface area contributed by atoms with Crippen LogP contribution in [-0.2, 0) is 4.79 Å². The second kappa shape index (κ2) is 8.41. The van der Waals surface area contributed by atoms with E-state index in [9.17, 15) is 13.6 Å². The fourth-order valence-electron chi connectivity index (χ4n) is 1.89. The van der Waals surface area contributed by atoms with Gasteiger partial charge in [0, 0.05) is 18.3 Å². The molecule has 0 heterocycles. The molecule has 1 rings (SSSR count). The van der Waals surface area contributed by atoms with E-state index in [-0.39, 0.29) is 29.9 Å². The fraction of sp³-hybridized carbons (Fsp3) is 0.500. The first-order valence-corrected chi connectivity index (χ1v) is 6.65.